The summed E-state index contributed by atoms with van der Waals surface area (Å²) in [5, 5.41) is 11.9. The van der Waals surface area contributed by atoms with Gasteiger partial charge in [-0.15, -0.1) is 0 Å². The number of methoxy groups -OCH3 is 2. The topological polar surface area (TPSA) is 203 Å². The number of aryl methyl sites for hydroxylation is 4. The number of fused-ring (bicyclic) bond motifs is 2. The van der Waals surface area contributed by atoms with Crippen molar-refractivity contribution in [1.82, 2.24) is 5.32 Å². The number of halogens is 2. The van der Waals surface area contributed by atoms with Crippen LogP contribution in [0, 0.1) is 37.3 Å². The first kappa shape index (κ1) is 48.4. The fourth-order valence-corrected chi connectivity index (χ4v) is 8.51. The van der Waals surface area contributed by atoms with E-state index in [2.05, 4.69) is 14.8 Å². The number of carbonyl (C=O) groups excluding carboxylic acids is 1. The van der Waals surface area contributed by atoms with Gasteiger partial charge >= 0.3 is 5.97 Å². The SMILES string of the molecule is COc1ccc2c(c1)CCC(C(=O)NC(C)c1cc(C)c(NS(C)(=O)=O)cc1F)C2.COc1ccc2c(c1)CCC(C(=O)O)C2.Cc1cc(C(C)N)c(F)cc1NS(C)(=O)=O. The number of nitrogens with one attached hydrogen (secondary N) is 3. The molecule has 4 aromatic rings. The normalized spacial score (nSPS) is 16.7. The molecular formula is C44H56F2N4O9S2. The first-order chi connectivity index (χ1) is 28.5. The molecule has 0 fully saturated rings. The second-order valence-corrected chi connectivity index (χ2v) is 19.1. The maximum Gasteiger partial charge on any atom is 0.306 e. The van der Waals surface area contributed by atoms with Gasteiger partial charge in [-0.05, 0) is 148 Å². The average Bonchev–Trinajstić information content (AvgIpc) is 3.18. The summed E-state index contributed by atoms with van der Waals surface area (Å²) in [6.07, 6.45) is 6.39. The summed E-state index contributed by atoms with van der Waals surface area (Å²) in [4.78, 5) is 23.7. The van der Waals surface area contributed by atoms with E-state index in [9.17, 15) is 35.2 Å². The van der Waals surface area contributed by atoms with Crippen LogP contribution in [0.15, 0.2) is 60.7 Å². The minimum Gasteiger partial charge on any atom is -0.497 e. The van der Waals surface area contributed by atoms with E-state index in [0.29, 0.717) is 35.1 Å². The van der Waals surface area contributed by atoms with Crippen molar-refractivity contribution in [3.8, 4) is 11.5 Å². The molecule has 332 valence electrons. The number of hydrogen-bond acceptors (Lipinski definition) is 9. The molecule has 61 heavy (non-hydrogen) atoms. The van der Waals surface area contributed by atoms with Crippen molar-refractivity contribution in [2.75, 3.05) is 36.2 Å². The van der Waals surface area contributed by atoms with Gasteiger partial charge in [-0.1, -0.05) is 12.1 Å². The Balaban J connectivity index is 0.000000222. The van der Waals surface area contributed by atoms with Crippen LogP contribution in [-0.2, 0) is 55.3 Å². The highest BCUT2D eigenvalue weighted by Crippen LogP contribution is 2.31. The van der Waals surface area contributed by atoms with Crippen molar-refractivity contribution in [3.05, 3.63) is 117 Å². The van der Waals surface area contributed by atoms with Gasteiger partial charge in [-0.2, -0.15) is 0 Å². The van der Waals surface area contributed by atoms with E-state index in [4.69, 9.17) is 20.3 Å². The number of sulfonamides is 2. The van der Waals surface area contributed by atoms with Gasteiger partial charge in [0.2, 0.25) is 26.0 Å². The maximum absolute atomic E-state index is 14.6. The van der Waals surface area contributed by atoms with E-state index >= 15 is 0 Å². The molecule has 17 heteroatoms. The molecule has 0 aliphatic heterocycles. The number of aliphatic carboxylic acids is 1. The van der Waals surface area contributed by atoms with Crippen molar-refractivity contribution in [3.63, 3.8) is 0 Å². The number of benzene rings is 4. The molecule has 2 aliphatic carbocycles. The summed E-state index contributed by atoms with van der Waals surface area (Å²) in [6, 6.07) is 16.2. The minimum absolute atomic E-state index is 0.112. The van der Waals surface area contributed by atoms with Crippen molar-refractivity contribution in [2.45, 2.75) is 78.3 Å². The number of rotatable bonds is 11. The zero-order chi connectivity index (χ0) is 45.4. The fraction of sp³-hybridized carbons (Fsp3) is 0.409. The number of hydrogen-bond donors (Lipinski definition) is 5. The molecule has 6 N–H and O–H groups in total. The number of nitrogens with two attached hydrogens (primary N) is 1. The number of anilines is 2. The van der Waals surface area contributed by atoms with Crippen LogP contribution in [0.5, 0.6) is 11.5 Å². The van der Waals surface area contributed by atoms with E-state index in [1.54, 1.807) is 54.0 Å². The quantitative estimate of drug-likeness (QED) is 0.105. The number of ether oxygens (including phenoxy) is 2. The van der Waals surface area contributed by atoms with Gasteiger partial charge in [0, 0.05) is 23.1 Å². The third kappa shape index (κ3) is 13.9. The summed E-state index contributed by atoms with van der Waals surface area (Å²) in [5.41, 5.74) is 12.6. The highest BCUT2D eigenvalue weighted by atomic mass is 32.2. The molecule has 0 spiro atoms. The van der Waals surface area contributed by atoms with Crippen LogP contribution in [0.4, 0.5) is 20.2 Å². The Hall–Kier alpha value is -5.26. The van der Waals surface area contributed by atoms with E-state index in [1.807, 2.05) is 36.4 Å². The van der Waals surface area contributed by atoms with Gasteiger partial charge < -0.3 is 25.6 Å². The Morgan fingerprint density at radius 1 is 0.705 bits per heavy atom. The third-order valence-corrected chi connectivity index (χ3v) is 11.8. The lowest BCUT2D eigenvalue weighted by atomic mass is 9.83. The Kier molecular flexibility index (Phi) is 16.3. The van der Waals surface area contributed by atoms with Gasteiger partial charge in [0.1, 0.15) is 23.1 Å². The third-order valence-electron chi connectivity index (χ3n) is 10.6. The van der Waals surface area contributed by atoms with Crippen molar-refractivity contribution in [2.24, 2.45) is 17.6 Å². The second-order valence-electron chi connectivity index (χ2n) is 15.6. The van der Waals surface area contributed by atoms with E-state index < -0.39 is 49.7 Å². The molecule has 2 aliphatic rings. The molecule has 4 atom stereocenters. The first-order valence-electron chi connectivity index (χ1n) is 19.6. The van der Waals surface area contributed by atoms with Crippen LogP contribution in [0.25, 0.3) is 0 Å². The van der Waals surface area contributed by atoms with E-state index in [0.717, 1.165) is 73.0 Å². The van der Waals surface area contributed by atoms with Crippen LogP contribution in [0.2, 0.25) is 0 Å². The fourth-order valence-electron chi connectivity index (χ4n) is 7.27. The summed E-state index contributed by atoms with van der Waals surface area (Å²) >= 11 is 0. The minimum atomic E-state index is -3.51. The number of carboxylic acid groups (broad SMARTS) is 1. The monoisotopic (exact) mass is 886 g/mol. The Bertz CT molecular complexity index is 2460. The van der Waals surface area contributed by atoms with Gasteiger partial charge in [0.15, 0.2) is 0 Å². The molecule has 13 nitrogen and oxygen atoms in total. The van der Waals surface area contributed by atoms with Gasteiger partial charge in [-0.3, -0.25) is 19.0 Å². The second kappa shape index (κ2) is 20.5. The smallest absolute Gasteiger partial charge is 0.306 e. The predicted molar refractivity (Wildman–Crippen MR) is 233 cm³/mol. The van der Waals surface area contributed by atoms with Crippen LogP contribution < -0.4 is 30.0 Å². The Labute approximate surface area is 357 Å². The molecule has 0 bridgehead atoms. The van der Waals surface area contributed by atoms with Gasteiger partial charge in [-0.25, -0.2) is 25.6 Å². The largest absolute Gasteiger partial charge is 0.497 e. The van der Waals surface area contributed by atoms with Crippen LogP contribution in [0.1, 0.15) is 83.3 Å². The summed E-state index contributed by atoms with van der Waals surface area (Å²) in [6.45, 7) is 6.78. The Morgan fingerprint density at radius 3 is 1.56 bits per heavy atom. The van der Waals surface area contributed by atoms with Crippen molar-refractivity contribution >= 4 is 43.3 Å². The van der Waals surface area contributed by atoms with Gasteiger partial charge in [0.05, 0.1) is 50.1 Å². The summed E-state index contributed by atoms with van der Waals surface area (Å²) in [7, 11) is -3.63. The van der Waals surface area contributed by atoms with Gasteiger partial charge in [0.25, 0.3) is 0 Å². The molecule has 6 rings (SSSR count). The molecule has 0 saturated heterocycles. The number of carboxylic acids is 1. The predicted octanol–water partition coefficient (Wildman–Crippen LogP) is 6.91. The van der Waals surface area contributed by atoms with Crippen LogP contribution in [0.3, 0.4) is 0 Å². The maximum atomic E-state index is 14.6. The Morgan fingerprint density at radius 2 is 1.13 bits per heavy atom. The molecule has 0 saturated carbocycles. The molecule has 4 unspecified atom stereocenters. The zero-order valence-corrected chi connectivity index (χ0v) is 37.3. The first-order valence-corrected chi connectivity index (χ1v) is 23.4. The zero-order valence-electron chi connectivity index (χ0n) is 35.7. The standard InChI is InChI=1S/C22H27FN2O4S.C12H14O3.C10H15FN2O2S/c1-13-9-19(20(23)12-21(13)25-30(4,27)28)14(2)24-22(26)17-6-5-16-11-18(29-3)8-7-15(16)10-17;1-15-11-5-4-8-6-10(12(13)14)3-2-9(8)7-11;1-6-4-8(7(2)12)9(11)5-10(6)13-16(3,14)15/h7-9,11-12,14,17,25H,5-6,10H2,1-4H3,(H,24,26);4-5,7,10H,2-3,6H2,1H3,(H,13,14);4-5,7,13H,12H2,1-3H3. The highest BCUT2D eigenvalue weighted by Gasteiger charge is 2.27. The molecule has 4 aromatic carbocycles. The van der Waals surface area contributed by atoms with E-state index in [1.165, 1.54) is 11.1 Å². The van der Waals surface area contributed by atoms with Crippen LogP contribution in [-0.4, -0.2) is 60.5 Å². The lowest BCUT2D eigenvalue weighted by Crippen LogP contribution is -2.36. The lowest BCUT2D eigenvalue weighted by molar-refractivity contribution is -0.142. The van der Waals surface area contributed by atoms with Crippen molar-refractivity contribution in [1.29, 1.82) is 0 Å². The highest BCUT2D eigenvalue weighted by molar-refractivity contribution is 7.92. The molecule has 0 heterocycles. The van der Waals surface area contributed by atoms with Crippen molar-refractivity contribution < 1.29 is 49.8 Å². The van der Waals surface area contributed by atoms with E-state index in [-0.39, 0.29) is 29.1 Å². The molecular weight excluding hydrogens is 831 g/mol. The van der Waals surface area contributed by atoms with Crippen LogP contribution >= 0.6 is 0 Å². The number of carbonyl (C=O) groups is 2. The molecule has 0 aromatic heterocycles. The number of amides is 1. The molecule has 1 amide bonds. The average molecular weight is 887 g/mol. The summed E-state index contributed by atoms with van der Waals surface area (Å²) < 4.78 is 88.0. The summed E-state index contributed by atoms with van der Waals surface area (Å²) in [5.74, 6) is -0.606. The molecule has 0 radical (unpaired) electrons. The lowest BCUT2D eigenvalue weighted by Gasteiger charge is -2.26.